The van der Waals surface area contributed by atoms with Crippen LogP contribution in [0.4, 0.5) is 5.69 Å². The van der Waals surface area contributed by atoms with Crippen LogP contribution < -0.4 is 4.90 Å². The van der Waals surface area contributed by atoms with Crippen LogP contribution in [0, 0.1) is 11.8 Å². The Balaban J connectivity index is 1.20. The van der Waals surface area contributed by atoms with Crippen LogP contribution in [0.3, 0.4) is 0 Å². The Morgan fingerprint density at radius 2 is 2.06 bits per heavy atom. The zero-order chi connectivity index (χ0) is 21.2. The molecule has 1 aromatic carbocycles. The van der Waals surface area contributed by atoms with Crippen LogP contribution in [0.5, 0.6) is 0 Å². The average molecular weight is 437 g/mol. The number of rotatable bonds is 5. The fourth-order valence-corrected chi connectivity index (χ4v) is 5.15. The van der Waals surface area contributed by atoms with Crippen molar-refractivity contribution in [3.05, 3.63) is 53.0 Å². The number of amides is 2. The molecule has 0 radical (unpaired) electrons. The van der Waals surface area contributed by atoms with Gasteiger partial charge in [0.25, 0.3) is 0 Å². The van der Waals surface area contributed by atoms with Crippen LogP contribution in [0.2, 0.25) is 0 Å². The van der Waals surface area contributed by atoms with Crippen LogP contribution >= 0.6 is 11.3 Å². The van der Waals surface area contributed by atoms with Crippen LogP contribution in [-0.4, -0.2) is 46.5 Å². The lowest BCUT2D eigenvalue weighted by molar-refractivity contribution is -0.137. The quantitative estimate of drug-likeness (QED) is 0.610. The van der Waals surface area contributed by atoms with E-state index in [1.54, 1.807) is 16.2 Å². The van der Waals surface area contributed by atoms with Crippen molar-refractivity contribution in [2.24, 2.45) is 11.8 Å². The minimum absolute atomic E-state index is 0.0185. The van der Waals surface area contributed by atoms with Gasteiger partial charge in [-0.2, -0.15) is 16.3 Å². The predicted molar refractivity (Wildman–Crippen MR) is 118 cm³/mol. The number of aromatic nitrogens is 2. The van der Waals surface area contributed by atoms with Gasteiger partial charge in [0, 0.05) is 49.1 Å². The number of carbonyl (C=O) groups excluding carboxylic acids is 2. The largest absolute Gasteiger partial charge is 0.342 e. The van der Waals surface area contributed by atoms with Crippen molar-refractivity contribution in [1.82, 2.24) is 15.0 Å². The molecule has 2 atom stereocenters. The molecule has 2 unspecified atom stereocenters. The number of benzene rings is 1. The summed E-state index contributed by atoms with van der Waals surface area (Å²) in [5.41, 5.74) is 1.83. The number of nitrogens with zero attached hydrogens (tertiary/aromatic N) is 4. The minimum atomic E-state index is -0.278. The zero-order valence-corrected chi connectivity index (χ0v) is 18.0. The molecule has 0 bridgehead atoms. The molecule has 2 fully saturated rings. The Hall–Kier alpha value is -3.00. The lowest BCUT2D eigenvalue weighted by Gasteiger charge is -2.33. The fraction of sp³-hybridized carbons (Fsp3) is 0.391. The third-order valence-corrected chi connectivity index (χ3v) is 6.77. The maximum absolute atomic E-state index is 13.2. The van der Waals surface area contributed by atoms with E-state index in [1.165, 1.54) is 0 Å². The number of hydrogen-bond donors (Lipinski definition) is 0. The molecule has 7 nitrogen and oxygen atoms in total. The third kappa shape index (κ3) is 4.25. The molecule has 4 heterocycles. The van der Waals surface area contributed by atoms with Gasteiger partial charge < -0.3 is 14.3 Å². The summed E-state index contributed by atoms with van der Waals surface area (Å²) in [7, 11) is 0. The van der Waals surface area contributed by atoms with E-state index in [0.717, 1.165) is 30.6 Å². The van der Waals surface area contributed by atoms with Gasteiger partial charge in [-0.1, -0.05) is 23.4 Å². The summed E-state index contributed by atoms with van der Waals surface area (Å²) in [4.78, 5) is 33.9. The number of hydrogen-bond acceptors (Lipinski definition) is 6. The van der Waals surface area contributed by atoms with Crippen molar-refractivity contribution in [1.29, 1.82) is 0 Å². The number of piperidine rings is 1. The van der Waals surface area contributed by atoms with E-state index in [-0.39, 0.29) is 30.1 Å². The molecule has 3 aromatic rings. The summed E-state index contributed by atoms with van der Waals surface area (Å²) in [6, 6.07) is 11.5. The molecule has 2 saturated heterocycles. The molecule has 5 rings (SSSR count). The summed E-state index contributed by atoms with van der Waals surface area (Å²) in [6.45, 7) is 1.87. The maximum atomic E-state index is 13.2. The highest BCUT2D eigenvalue weighted by Crippen LogP contribution is 2.29. The van der Waals surface area contributed by atoms with Crippen molar-refractivity contribution in [3.8, 4) is 11.4 Å². The van der Waals surface area contributed by atoms with E-state index < -0.39 is 0 Å². The van der Waals surface area contributed by atoms with E-state index in [0.29, 0.717) is 31.2 Å². The lowest BCUT2D eigenvalue weighted by atomic mass is 9.93. The molecule has 31 heavy (non-hydrogen) atoms. The maximum Gasteiger partial charge on any atom is 0.228 e. The Morgan fingerprint density at radius 3 is 2.87 bits per heavy atom. The lowest BCUT2D eigenvalue weighted by Crippen LogP contribution is -2.44. The molecule has 8 heteroatoms. The fourth-order valence-electron chi connectivity index (χ4n) is 4.51. The molecule has 2 aliphatic rings. The van der Waals surface area contributed by atoms with Gasteiger partial charge in [-0.3, -0.25) is 9.59 Å². The smallest absolute Gasteiger partial charge is 0.228 e. The Kier molecular flexibility index (Phi) is 5.55. The van der Waals surface area contributed by atoms with Gasteiger partial charge in [0.15, 0.2) is 0 Å². The molecule has 0 aliphatic carbocycles. The number of likely N-dealkylation sites (tertiary alicyclic amines) is 1. The second kappa shape index (κ2) is 8.63. The Bertz CT molecular complexity index is 1050. The van der Waals surface area contributed by atoms with Gasteiger partial charge in [-0.05, 0) is 42.3 Å². The summed E-state index contributed by atoms with van der Waals surface area (Å²) in [6.07, 6.45) is 2.92. The van der Waals surface area contributed by atoms with Crippen LogP contribution in [0.15, 0.2) is 51.7 Å². The number of para-hydroxylation sites is 1. The molecule has 2 amide bonds. The summed E-state index contributed by atoms with van der Waals surface area (Å²) in [5.74, 6) is 1.35. The number of thiophene rings is 1. The van der Waals surface area contributed by atoms with Gasteiger partial charge >= 0.3 is 0 Å². The third-order valence-electron chi connectivity index (χ3n) is 6.08. The molecule has 0 N–H and O–H groups in total. The van der Waals surface area contributed by atoms with Crippen molar-refractivity contribution in [2.75, 3.05) is 24.5 Å². The van der Waals surface area contributed by atoms with E-state index >= 15 is 0 Å². The van der Waals surface area contributed by atoms with Gasteiger partial charge in [0.1, 0.15) is 0 Å². The van der Waals surface area contributed by atoms with Crippen LogP contribution in [-0.2, 0) is 16.0 Å². The Labute approximate surface area is 184 Å². The molecule has 0 spiro atoms. The van der Waals surface area contributed by atoms with E-state index in [4.69, 9.17) is 4.52 Å². The summed E-state index contributed by atoms with van der Waals surface area (Å²) < 4.78 is 5.45. The number of carbonyl (C=O) groups is 2. The first kappa shape index (κ1) is 19.9. The van der Waals surface area contributed by atoms with Gasteiger partial charge in [0.2, 0.25) is 23.5 Å². The van der Waals surface area contributed by atoms with Gasteiger partial charge in [-0.25, -0.2) is 0 Å². The van der Waals surface area contributed by atoms with Crippen molar-refractivity contribution >= 4 is 28.8 Å². The standard InChI is InChI=1S/C23H24N4O3S/c28-21-12-18(14-27(21)19-6-2-1-3-7-19)23(29)26-9-4-5-16(13-26)11-20-24-22(25-30-20)17-8-10-31-15-17/h1-3,6-8,10,15-16,18H,4-5,9,11-14H2. The number of anilines is 1. The molecule has 160 valence electrons. The summed E-state index contributed by atoms with van der Waals surface area (Å²) in [5, 5.41) is 8.07. The van der Waals surface area contributed by atoms with E-state index in [2.05, 4.69) is 10.1 Å². The van der Waals surface area contributed by atoms with Crippen molar-refractivity contribution in [2.45, 2.75) is 25.7 Å². The highest BCUT2D eigenvalue weighted by atomic mass is 32.1. The minimum Gasteiger partial charge on any atom is -0.342 e. The SMILES string of the molecule is O=C(C1CC(=O)N(c2ccccc2)C1)N1CCCC(Cc2nc(-c3ccsc3)no2)C1. The van der Waals surface area contributed by atoms with Gasteiger partial charge in [-0.15, -0.1) is 0 Å². The topological polar surface area (TPSA) is 79.5 Å². The second-order valence-corrected chi connectivity index (χ2v) is 9.04. The van der Waals surface area contributed by atoms with Gasteiger partial charge in [0.05, 0.1) is 5.92 Å². The monoisotopic (exact) mass is 436 g/mol. The van der Waals surface area contributed by atoms with Crippen LogP contribution in [0.25, 0.3) is 11.4 Å². The molecular weight excluding hydrogens is 412 g/mol. The predicted octanol–water partition coefficient (Wildman–Crippen LogP) is 3.63. The van der Waals surface area contributed by atoms with E-state index in [1.807, 2.05) is 52.1 Å². The first-order chi connectivity index (χ1) is 15.2. The molecule has 2 aliphatic heterocycles. The molecule has 2 aromatic heterocycles. The first-order valence-electron chi connectivity index (χ1n) is 10.7. The zero-order valence-electron chi connectivity index (χ0n) is 17.1. The molecule has 0 saturated carbocycles. The highest BCUT2D eigenvalue weighted by Gasteiger charge is 2.38. The summed E-state index contributed by atoms with van der Waals surface area (Å²) >= 11 is 1.60. The van der Waals surface area contributed by atoms with Crippen molar-refractivity contribution in [3.63, 3.8) is 0 Å². The van der Waals surface area contributed by atoms with E-state index in [9.17, 15) is 9.59 Å². The van der Waals surface area contributed by atoms with Crippen LogP contribution in [0.1, 0.15) is 25.2 Å². The molecular formula is C23H24N4O3S. The normalized spacial score (nSPS) is 21.6. The van der Waals surface area contributed by atoms with Crippen molar-refractivity contribution < 1.29 is 14.1 Å². The Morgan fingerprint density at radius 1 is 1.19 bits per heavy atom. The second-order valence-electron chi connectivity index (χ2n) is 8.26. The first-order valence-corrected chi connectivity index (χ1v) is 11.6. The highest BCUT2D eigenvalue weighted by molar-refractivity contribution is 7.08. The average Bonchev–Trinajstić information content (AvgIpc) is 3.55.